The Bertz CT molecular complexity index is 573. The number of nitrogens with zero attached hydrogens (tertiary/aromatic N) is 2. The minimum atomic E-state index is 0.763. The molecule has 0 saturated carbocycles. The Labute approximate surface area is 112 Å². The maximum atomic E-state index is 5.36. The Balaban J connectivity index is 2.11. The molecule has 0 saturated heterocycles. The number of aromatic nitrogens is 3. The largest absolute Gasteiger partial charge is 0.385 e. The van der Waals surface area contributed by atoms with Crippen LogP contribution in [0.4, 0.5) is 0 Å². The van der Waals surface area contributed by atoms with Crippen molar-refractivity contribution in [2.24, 2.45) is 0 Å². The third kappa shape index (κ3) is 2.79. The number of imidazole rings is 1. The molecule has 5 heteroatoms. The summed E-state index contributed by atoms with van der Waals surface area (Å²) in [5.41, 5.74) is 3.20. The van der Waals surface area contributed by atoms with E-state index in [0.717, 1.165) is 48.3 Å². The second-order valence-corrected chi connectivity index (χ2v) is 4.85. The standard InChI is InChI=1S/C13H19N3OS/c1-10-6-7-14-12-11(10)15-13(18)16(12)8-4-3-5-9-17-2/h6-7H,3-5,8-9H2,1-2H3,(H,15,18). The smallest absolute Gasteiger partial charge is 0.179 e. The Hall–Kier alpha value is -1.20. The highest BCUT2D eigenvalue weighted by Gasteiger charge is 2.06. The molecule has 0 fully saturated rings. The topological polar surface area (TPSA) is 42.8 Å². The number of hydrogen-bond donors (Lipinski definition) is 1. The van der Waals surface area contributed by atoms with Gasteiger partial charge < -0.3 is 14.3 Å². The molecule has 1 N–H and O–H groups in total. The second-order valence-electron chi connectivity index (χ2n) is 4.46. The lowest BCUT2D eigenvalue weighted by molar-refractivity contribution is 0.191. The van der Waals surface area contributed by atoms with Crippen LogP contribution >= 0.6 is 12.2 Å². The lowest BCUT2D eigenvalue weighted by Gasteiger charge is -2.04. The van der Waals surface area contributed by atoms with E-state index in [2.05, 4.69) is 21.5 Å². The number of pyridine rings is 1. The van der Waals surface area contributed by atoms with E-state index in [9.17, 15) is 0 Å². The summed E-state index contributed by atoms with van der Waals surface area (Å²) in [5.74, 6) is 0. The van der Waals surface area contributed by atoms with Gasteiger partial charge in [0.1, 0.15) is 0 Å². The number of aryl methyl sites for hydroxylation is 2. The van der Waals surface area contributed by atoms with E-state index < -0.39 is 0 Å². The van der Waals surface area contributed by atoms with Crippen LogP contribution in [0.1, 0.15) is 24.8 Å². The minimum absolute atomic E-state index is 0.763. The Morgan fingerprint density at radius 3 is 3.00 bits per heavy atom. The average Bonchev–Trinajstić information content (AvgIpc) is 2.68. The van der Waals surface area contributed by atoms with Crippen molar-refractivity contribution in [3.63, 3.8) is 0 Å². The van der Waals surface area contributed by atoms with Crippen LogP contribution in [0.2, 0.25) is 0 Å². The molecule has 0 aromatic carbocycles. The van der Waals surface area contributed by atoms with Gasteiger partial charge in [-0.15, -0.1) is 0 Å². The van der Waals surface area contributed by atoms with E-state index in [0.29, 0.717) is 0 Å². The fraction of sp³-hybridized carbons (Fsp3) is 0.538. The van der Waals surface area contributed by atoms with E-state index in [1.54, 1.807) is 7.11 Å². The molecule has 0 aliphatic rings. The Morgan fingerprint density at radius 1 is 1.39 bits per heavy atom. The first-order valence-corrected chi connectivity index (χ1v) is 6.68. The molecule has 0 radical (unpaired) electrons. The fourth-order valence-electron chi connectivity index (χ4n) is 2.07. The maximum Gasteiger partial charge on any atom is 0.179 e. The number of hydrogen-bond acceptors (Lipinski definition) is 3. The average molecular weight is 265 g/mol. The third-order valence-corrected chi connectivity index (χ3v) is 3.42. The lowest BCUT2D eigenvalue weighted by Crippen LogP contribution is -2.00. The van der Waals surface area contributed by atoms with Gasteiger partial charge in [0.15, 0.2) is 10.4 Å². The van der Waals surface area contributed by atoms with Crippen LogP contribution in [0.25, 0.3) is 11.2 Å². The van der Waals surface area contributed by atoms with Crippen molar-refractivity contribution in [3.8, 4) is 0 Å². The Kier molecular flexibility index (Phi) is 4.49. The maximum absolute atomic E-state index is 5.36. The molecule has 0 aliphatic heterocycles. The number of fused-ring (bicyclic) bond motifs is 1. The molecule has 4 nitrogen and oxygen atoms in total. The predicted molar refractivity (Wildman–Crippen MR) is 75.4 cm³/mol. The van der Waals surface area contributed by atoms with Gasteiger partial charge in [-0.3, -0.25) is 0 Å². The van der Waals surface area contributed by atoms with E-state index >= 15 is 0 Å². The molecule has 2 heterocycles. The van der Waals surface area contributed by atoms with Crippen molar-refractivity contribution in [2.75, 3.05) is 13.7 Å². The van der Waals surface area contributed by atoms with Crippen LogP contribution in [-0.4, -0.2) is 28.3 Å². The first kappa shape index (κ1) is 13.2. The SMILES string of the molecule is COCCCCCn1c(=S)[nH]c2c(C)ccnc21. The van der Waals surface area contributed by atoms with Gasteiger partial charge >= 0.3 is 0 Å². The third-order valence-electron chi connectivity index (χ3n) is 3.10. The van der Waals surface area contributed by atoms with Gasteiger partial charge in [0.2, 0.25) is 0 Å². The summed E-state index contributed by atoms with van der Waals surface area (Å²) >= 11 is 5.36. The zero-order valence-electron chi connectivity index (χ0n) is 10.9. The molecular formula is C13H19N3OS. The first-order valence-electron chi connectivity index (χ1n) is 6.27. The second kappa shape index (κ2) is 6.11. The van der Waals surface area contributed by atoms with Gasteiger partial charge in [0, 0.05) is 26.5 Å². The van der Waals surface area contributed by atoms with Crippen molar-refractivity contribution in [1.29, 1.82) is 0 Å². The number of rotatable bonds is 6. The predicted octanol–water partition coefficient (Wildman–Crippen LogP) is 3.22. The molecule has 98 valence electrons. The van der Waals surface area contributed by atoms with Gasteiger partial charge in [-0.05, 0) is 50.0 Å². The first-order chi connectivity index (χ1) is 8.74. The molecule has 0 spiro atoms. The van der Waals surface area contributed by atoms with Crippen LogP contribution in [0, 0.1) is 11.7 Å². The van der Waals surface area contributed by atoms with Gasteiger partial charge in [-0.25, -0.2) is 4.98 Å². The Morgan fingerprint density at radius 2 is 2.22 bits per heavy atom. The van der Waals surface area contributed by atoms with Crippen LogP contribution in [-0.2, 0) is 11.3 Å². The van der Waals surface area contributed by atoms with E-state index in [-0.39, 0.29) is 0 Å². The molecule has 0 amide bonds. The summed E-state index contributed by atoms with van der Waals surface area (Å²) in [6.45, 7) is 3.81. The molecular weight excluding hydrogens is 246 g/mol. The van der Waals surface area contributed by atoms with Crippen LogP contribution < -0.4 is 0 Å². The van der Waals surface area contributed by atoms with Crippen molar-refractivity contribution < 1.29 is 4.74 Å². The number of H-pyrrole nitrogens is 1. The fourth-order valence-corrected chi connectivity index (χ4v) is 2.35. The number of aromatic amines is 1. The summed E-state index contributed by atoms with van der Waals surface area (Å²) in [6.07, 6.45) is 5.18. The molecule has 0 bridgehead atoms. The van der Waals surface area contributed by atoms with Crippen LogP contribution in [0.5, 0.6) is 0 Å². The number of methoxy groups -OCH3 is 1. The minimum Gasteiger partial charge on any atom is -0.385 e. The zero-order valence-corrected chi connectivity index (χ0v) is 11.7. The summed E-state index contributed by atoms with van der Waals surface area (Å²) in [4.78, 5) is 7.66. The van der Waals surface area contributed by atoms with E-state index in [4.69, 9.17) is 17.0 Å². The highest BCUT2D eigenvalue weighted by Crippen LogP contribution is 2.16. The summed E-state index contributed by atoms with van der Waals surface area (Å²) in [6, 6.07) is 2.00. The van der Waals surface area contributed by atoms with Crippen LogP contribution in [0.3, 0.4) is 0 Å². The van der Waals surface area contributed by atoms with Gasteiger partial charge in [-0.2, -0.15) is 0 Å². The quantitative estimate of drug-likeness (QED) is 0.644. The molecule has 0 unspecified atom stereocenters. The van der Waals surface area contributed by atoms with E-state index in [1.807, 2.05) is 12.3 Å². The van der Waals surface area contributed by atoms with Gasteiger partial charge in [-0.1, -0.05) is 0 Å². The van der Waals surface area contributed by atoms with Crippen molar-refractivity contribution >= 4 is 23.4 Å². The molecule has 2 aromatic heterocycles. The van der Waals surface area contributed by atoms with Crippen LogP contribution in [0.15, 0.2) is 12.3 Å². The monoisotopic (exact) mass is 265 g/mol. The highest BCUT2D eigenvalue weighted by molar-refractivity contribution is 7.71. The lowest BCUT2D eigenvalue weighted by atomic mass is 10.2. The number of unbranched alkanes of at least 4 members (excludes halogenated alkanes) is 2. The summed E-state index contributed by atoms with van der Waals surface area (Å²) in [5, 5.41) is 0. The van der Waals surface area contributed by atoms with Gasteiger partial charge in [0.25, 0.3) is 0 Å². The summed E-state index contributed by atoms with van der Waals surface area (Å²) < 4.78 is 7.89. The number of nitrogens with one attached hydrogen (secondary N) is 1. The molecule has 2 rings (SSSR count). The molecule has 0 aliphatic carbocycles. The normalized spacial score (nSPS) is 11.2. The van der Waals surface area contributed by atoms with Gasteiger partial charge in [0.05, 0.1) is 5.52 Å². The number of ether oxygens (including phenoxy) is 1. The van der Waals surface area contributed by atoms with E-state index in [1.165, 1.54) is 5.56 Å². The van der Waals surface area contributed by atoms with Crippen molar-refractivity contribution in [3.05, 3.63) is 22.6 Å². The highest BCUT2D eigenvalue weighted by atomic mass is 32.1. The van der Waals surface area contributed by atoms with Crippen molar-refractivity contribution in [2.45, 2.75) is 32.7 Å². The zero-order chi connectivity index (χ0) is 13.0. The van der Waals surface area contributed by atoms with Crippen molar-refractivity contribution in [1.82, 2.24) is 14.5 Å². The molecule has 2 aromatic rings. The molecule has 0 atom stereocenters. The molecule has 18 heavy (non-hydrogen) atoms. The summed E-state index contributed by atoms with van der Waals surface area (Å²) in [7, 11) is 1.74.